The first-order chi connectivity index (χ1) is 9.95. The molecule has 2 rings (SSSR count). The topological polar surface area (TPSA) is 13.7 Å². The highest BCUT2D eigenvalue weighted by Crippen LogP contribution is 2.27. The third-order valence-corrected chi connectivity index (χ3v) is 4.58. The van der Waals surface area contributed by atoms with E-state index in [2.05, 4.69) is 52.8 Å². The van der Waals surface area contributed by atoms with E-state index < -0.39 is 0 Å². The number of rotatable bonds is 5. The van der Waals surface area contributed by atoms with Crippen molar-refractivity contribution in [3.63, 3.8) is 0 Å². The van der Waals surface area contributed by atoms with Gasteiger partial charge in [-0.2, -0.15) is 0 Å². The number of nitrogens with one attached hydrogen (secondary N) is 1. The van der Waals surface area contributed by atoms with Crippen LogP contribution in [0.25, 0.3) is 0 Å². The van der Waals surface area contributed by atoms with E-state index in [0.717, 1.165) is 30.7 Å². The summed E-state index contributed by atoms with van der Waals surface area (Å²) in [6.07, 6.45) is 1.39. The van der Waals surface area contributed by atoms with Crippen molar-refractivity contribution in [2.45, 2.75) is 47.0 Å². The Balaban J connectivity index is 1.90. The zero-order chi connectivity index (χ0) is 15.4. The maximum absolute atomic E-state index is 6.13. The van der Waals surface area contributed by atoms with Gasteiger partial charge in [0.1, 0.15) is 18.9 Å². The molecule has 1 fully saturated rings. The molecule has 2 unspecified atom stereocenters. The van der Waals surface area contributed by atoms with Gasteiger partial charge >= 0.3 is 0 Å². The van der Waals surface area contributed by atoms with Crippen molar-refractivity contribution in [1.82, 2.24) is 0 Å². The minimum Gasteiger partial charge on any atom is -0.487 e. The first-order valence-electron chi connectivity index (χ1n) is 8.52. The lowest BCUT2D eigenvalue weighted by atomic mass is 9.92. The van der Waals surface area contributed by atoms with E-state index in [0.29, 0.717) is 5.92 Å². The van der Waals surface area contributed by atoms with Crippen molar-refractivity contribution in [2.24, 2.45) is 11.8 Å². The number of hydrogen-bond acceptors (Lipinski definition) is 1. The third kappa shape index (κ3) is 4.74. The van der Waals surface area contributed by atoms with Crippen LogP contribution in [0.5, 0.6) is 5.75 Å². The smallest absolute Gasteiger partial charge is 0.137 e. The molecule has 0 saturated carbocycles. The highest BCUT2D eigenvalue weighted by atomic mass is 16.5. The summed E-state index contributed by atoms with van der Waals surface area (Å²) in [6, 6.07) is 6.58. The Labute approximate surface area is 130 Å². The van der Waals surface area contributed by atoms with Crippen LogP contribution in [0.4, 0.5) is 0 Å². The molecule has 2 heteroatoms. The normalized spacial score (nSPS) is 26.1. The van der Waals surface area contributed by atoms with Crippen LogP contribution in [0.3, 0.4) is 0 Å². The number of aryl methyl sites for hydroxylation is 1. The molecule has 118 valence electrons. The van der Waals surface area contributed by atoms with Crippen LogP contribution in [0, 0.1) is 18.8 Å². The lowest BCUT2D eigenvalue weighted by molar-refractivity contribution is -0.912. The fourth-order valence-corrected chi connectivity index (χ4v) is 3.68. The van der Waals surface area contributed by atoms with E-state index >= 15 is 0 Å². The molecule has 1 aromatic rings. The van der Waals surface area contributed by atoms with Crippen LogP contribution >= 0.6 is 0 Å². The molecular formula is C19H32NO+. The Morgan fingerprint density at radius 3 is 2.48 bits per heavy atom. The molecule has 1 aliphatic rings. The molecule has 0 spiro atoms. The Bertz CT molecular complexity index is 445. The molecular weight excluding hydrogens is 258 g/mol. The number of likely N-dealkylation sites (tertiary alicyclic amines) is 1. The van der Waals surface area contributed by atoms with Crippen molar-refractivity contribution in [3.05, 3.63) is 29.3 Å². The second kappa shape index (κ2) is 7.31. The molecule has 0 aliphatic carbocycles. The molecule has 1 aliphatic heterocycles. The summed E-state index contributed by atoms with van der Waals surface area (Å²) in [4.78, 5) is 1.71. The number of benzene rings is 1. The standard InChI is InChI=1S/C19H31NO/c1-14(2)18-7-6-15(3)11-19(18)21-9-8-20-12-16(4)10-17(5)13-20/h6-7,11,14,16-17H,8-10,12-13H2,1-5H3/p+1. The molecule has 0 amide bonds. The average Bonchev–Trinajstić information content (AvgIpc) is 2.37. The van der Waals surface area contributed by atoms with Crippen LogP contribution in [0.2, 0.25) is 0 Å². The number of ether oxygens (including phenoxy) is 1. The van der Waals surface area contributed by atoms with Crippen molar-refractivity contribution in [1.29, 1.82) is 0 Å². The Morgan fingerprint density at radius 2 is 1.86 bits per heavy atom. The van der Waals surface area contributed by atoms with Crippen molar-refractivity contribution < 1.29 is 9.64 Å². The van der Waals surface area contributed by atoms with Gasteiger partial charge in [-0.15, -0.1) is 0 Å². The first-order valence-corrected chi connectivity index (χ1v) is 8.52. The molecule has 1 N–H and O–H groups in total. The quantitative estimate of drug-likeness (QED) is 0.880. The van der Waals surface area contributed by atoms with Gasteiger partial charge in [-0.1, -0.05) is 39.8 Å². The van der Waals surface area contributed by atoms with Gasteiger partial charge in [-0.3, -0.25) is 0 Å². The highest BCUT2D eigenvalue weighted by Gasteiger charge is 2.24. The van der Waals surface area contributed by atoms with Gasteiger partial charge in [-0.05, 0) is 36.5 Å². The molecule has 0 radical (unpaired) electrons. The minimum absolute atomic E-state index is 0.517. The van der Waals surface area contributed by atoms with Gasteiger partial charge < -0.3 is 9.64 Å². The predicted molar refractivity (Wildman–Crippen MR) is 89.3 cm³/mol. The molecule has 2 atom stereocenters. The lowest BCUT2D eigenvalue weighted by Gasteiger charge is -2.32. The van der Waals surface area contributed by atoms with Crippen LogP contribution in [0.1, 0.15) is 51.2 Å². The van der Waals surface area contributed by atoms with E-state index in [1.165, 1.54) is 30.6 Å². The second-order valence-electron chi connectivity index (χ2n) is 7.40. The van der Waals surface area contributed by atoms with Crippen molar-refractivity contribution in [3.8, 4) is 5.75 Å². The van der Waals surface area contributed by atoms with E-state index in [1.54, 1.807) is 4.90 Å². The van der Waals surface area contributed by atoms with Gasteiger partial charge in [0.2, 0.25) is 0 Å². The van der Waals surface area contributed by atoms with Crippen molar-refractivity contribution >= 4 is 0 Å². The maximum Gasteiger partial charge on any atom is 0.137 e. The lowest BCUT2D eigenvalue weighted by Crippen LogP contribution is -3.14. The fourth-order valence-electron chi connectivity index (χ4n) is 3.68. The summed E-state index contributed by atoms with van der Waals surface area (Å²) in [5.41, 5.74) is 2.61. The molecule has 2 nitrogen and oxygen atoms in total. The second-order valence-corrected chi connectivity index (χ2v) is 7.40. The van der Waals surface area contributed by atoms with E-state index in [9.17, 15) is 0 Å². The van der Waals surface area contributed by atoms with Gasteiger partial charge in [0, 0.05) is 11.8 Å². The summed E-state index contributed by atoms with van der Waals surface area (Å²) in [7, 11) is 0. The molecule has 0 bridgehead atoms. The monoisotopic (exact) mass is 290 g/mol. The fraction of sp³-hybridized carbons (Fsp3) is 0.684. The third-order valence-electron chi connectivity index (χ3n) is 4.58. The van der Waals surface area contributed by atoms with Gasteiger partial charge in [0.25, 0.3) is 0 Å². The summed E-state index contributed by atoms with van der Waals surface area (Å²) in [5, 5.41) is 0. The van der Waals surface area contributed by atoms with E-state index in [-0.39, 0.29) is 0 Å². The predicted octanol–water partition coefficient (Wildman–Crippen LogP) is 3.06. The zero-order valence-electron chi connectivity index (χ0n) is 14.4. The summed E-state index contributed by atoms with van der Waals surface area (Å²) in [6.45, 7) is 15.9. The zero-order valence-corrected chi connectivity index (χ0v) is 14.4. The molecule has 1 saturated heterocycles. The maximum atomic E-state index is 6.13. The summed E-state index contributed by atoms with van der Waals surface area (Å²) < 4.78 is 6.13. The van der Waals surface area contributed by atoms with E-state index in [4.69, 9.17) is 4.74 Å². The molecule has 21 heavy (non-hydrogen) atoms. The first kappa shape index (κ1) is 16.4. The van der Waals surface area contributed by atoms with Gasteiger partial charge in [0.05, 0.1) is 13.1 Å². The molecule has 0 aromatic heterocycles. The van der Waals surface area contributed by atoms with E-state index in [1.807, 2.05) is 0 Å². The van der Waals surface area contributed by atoms with Gasteiger partial charge in [0.15, 0.2) is 0 Å². The van der Waals surface area contributed by atoms with Crippen LogP contribution in [0.15, 0.2) is 18.2 Å². The Kier molecular flexibility index (Phi) is 5.69. The largest absolute Gasteiger partial charge is 0.487 e. The highest BCUT2D eigenvalue weighted by molar-refractivity contribution is 5.39. The Morgan fingerprint density at radius 1 is 1.19 bits per heavy atom. The van der Waals surface area contributed by atoms with Crippen LogP contribution < -0.4 is 9.64 Å². The number of hydrogen-bond donors (Lipinski definition) is 1. The number of piperidine rings is 1. The Hall–Kier alpha value is -1.02. The summed E-state index contributed by atoms with van der Waals surface area (Å²) >= 11 is 0. The molecule has 1 aromatic carbocycles. The summed E-state index contributed by atoms with van der Waals surface area (Å²) in [5.74, 6) is 3.31. The average molecular weight is 290 g/mol. The van der Waals surface area contributed by atoms with Crippen LogP contribution in [-0.2, 0) is 0 Å². The number of quaternary nitrogens is 1. The van der Waals surface area contributed by atoms with Crippen molar-refractivity contribution in [2.75, 3.05) is 26.2 Å². The molecule has 1 heterocycles. The van der Waals surface area contributed by atoms with Gasteiger partial charge in [-0.25, -0.2) is 0 Å². The van der Waals surface area contributed by atoms with Crippen LogP contribution in [-0.4, -0.2) is 26.2 Å². The SMILES string of the molecule is Cc1ccc(C(C)C)c(OCC[NH+]2CC(C)CC(C)C2)c1. The minimum atomic E-state index is 0.517.